The Hall–Kier alpha value is -0.756. The minimum Gasteiger partial charge on any atom is -0.404 e. The van der Waals surface area contributed by atoms with E-state index in [0.717, 1.165) is 0 Å². The zero-order chi connectivity index (χ0) is 19.0. The van der Waals surface area contributed by atoms with Crippen molar-refractivity contribution in [1.82, 2.24) is 0 Å². The molecular weight excluding hydrogens is 344 g/mol. The number of carbonyl (C=O) groups excluding carboxylic acids is 1. The molecular formula is C20H34O3Si2. The molecule has 3 atom stereocenters. The van der Waals surface area contributed by atoms with Gasteiger partial charge < -0.3 is 9.16 Å². The Morgan fingerprint density at radius 3 is 2.12 bits per heavy atom. The van der Waals surface area contributed by atoms with Crippen molar-refractivity contribution in [3.8, 4) is 0 Å². The van der Waals surface area contributed by atoms with E-state index in [4.69, 9.17) is 9.16 Å². The SMILES string of the molecule is C[C@H]1O[C@H]([Si](C)(C)c2ccccc2)CC(=O)[C@@H]1O[Si](C)(C)C(C)(C)C. The summed E-state index contributed by atoms with van der Waals surface area (Å²) >= 11 is 0. The number of ether oxygens (including phenoxy) is 1. The highest BCUT2D eigenvalue weighted by molar-refractivity contribution is 6.91. The Morgan fingerprint density at radius 2 is 1.64 bits per heavy atom. The molecule has 0 N–H and O–H groups in total. The van der Waals surface area contributed by atoms with Crippen LogP contribution in [0.5, 0.6) is 0 Å². The Balaban J connectivity index is 2.16. The quantitative estimate of drug-likeness (QED) is 0.734. The molecule has 0 spiro atoms. The predicted molar refractivity (Wildman–Crippen MR) is 110 cm³/mol. The number of hydrogen-bond acceptors (Lipinski definition) is 3. The average Bonchev–Trinajstić information content (AvgIpc) is 2.50. The maximum atomic E-state index is 12.9. The predicted octanol–water partition coefficient (Wildman–Crippen LogP) is 4.28. The second-order valence-corrected chi connectivity index (χ2v) is 18.8. The van der Waals surface area contributed by atoms with E-state index in [1.165, 1.54) is 5.19 Å². The summed E-state index contributed by atoms with van der Waals surface area (Å²) in [7, 11) is -3.87. The van der Waals surface area contributed by atoms with Crippen LogP contribution in [0.1, 0.15) is 34.1 Å². The zero-order valence-corrected chi connectivity index (χ0v) is 19.1. The molecule has 1 aliphatic heterocycles. The zero-order valence-electron chi connectivity index (χ0n) is 17.1. The smallest absolute Gasteiger partial charge is 0.193 e. The standard InChI is InChI=1S/C20H34O3Si2/c1-15-19(23-25(7,8)20(2,3)4)17(21)14-18(22-15)24(5,6)16-12-10-9-11-13-16/h9-13,15,18-19H,14H2,1-8H3/t15-,18-,19-/m1/s1. The first-order valence-corrected chi connectivity index (χ1v) is 15.3. The number of hydrogen-bond donors (Lipinski definition) is 0. The third kappa shape index (κ3) is 4.33. The maximum absolute atomic E-state index is 12.9. The van der Waals surface area contributed by atoms with Crippen molar-refractivity contribution in [2.75, 3.05) is 0 Å². The highest BCUT2D eigenvalue weighted by Crippen LogP contribution is 2.39. The van der Waals surface area contributed by atoms with E-state index >= 15 is 0 Å². The molecule has 140 valence electrons. The van der Waals surface area contributed by atoms with Crippen LogP contribution in [-0.2, 0) is 14.0 Å². The van der Waals surface area contributed by atoms with Crippen molar-refractivity contribution in [2.45, 2.75) is 83.3 Å². The van der Waals surface area contributed by atoms with Crippen molar-refractivity contribution in [3.05, 3.63) is 30.3 Å². The monoisotopic (exact) mass is 378 g/mol. The lowest BCUT2D eigenvalue weighted by atomic mass is 10.1. The fourth-order valence-corrected chi connectivity index (χ4v) is 7.08. The Labute approximate surface area is 155 Å². The molecule has 0 saturated carbocycles. The molecule has 3 nitrogen and oxygen atoms in total. The third-order valence-electron chi connectivity index (χ3n) is 6.06. The van der Waals surface area contributed by atoms with Crippen LogP contribution < -0.4 is 5.19 Å². The maximum Gasteiger partial charge on any atom is 0.193 e. The summed E-state index contributed by atoms with van der Waals surface area (Å²) in [5, 5.41) is 1.42. The summed E-state index contributed by atoms with van der Waals surface area (Å²) < 4.78 is 12.8. The van der Waals surface area contributed by atoms with Crippen LogP contribution in [0.25, 0.3) is 0 Å². The molecule has 1 heterocycles. The van der Waals surface area contributed by atoms with Gasteiger partial charge in [-0.2, -0.15) is 0 Å². The van der Waals surface area contributed by atoms with Crippen molar-refractivity contribution >= 4 is 27.4 Å². The number of benzene rings is 1. The molecule has 5 heteroatoms. The van der Waals surface area contributed by atoms with E-state index in [9.17, 15) is 4.79 Å². The lowest BCUT2D eigenvalue weighted by molar-refractivity contribution is -0.146. The van der Waals surface area contributed by atoms with Gasteiger partial charge in [0.2, 0.25) is 0 Å². The number of rotatable bonds is 4. The van der Waals surface area contributed by atoms with Gasteiger partial charge in [0, 0.05) is 6.42 Å². The highest BCUT2D eigenvalue weighted by atomic mass is 28.4. The van der Waals surface area contributed by atoms with Crippen LogP contribution in [-0.4, -0.2) is 40.1 Å². The molecule has 1 saturated heterocycles. The molecule has 25 heavy (non-hydrogen) atoms. The lowest BCUT2D eigenvalue weighted by Gasteiger charge is -2.45. The molecule has 0 radical (unpaired) electrons. The van der Waals surface area contributed by atoms with Crippen LogP contribution in [0, 0.1) is 0 Å². The van der Waals surface area contributed by atoms with E-state index in [-0.39, 0.29) is 22.7 Å². The second kappa shape index (κ2) is 7.10. The van der Waals surface area contributed by atoms with E-state index in [1.807, 2.05) is 13.0 Å². The molecule has 0 unspecified atom stereocenters. The van der Waals surface area contributed by atoms with Gasteiger partial charge in [0.25, 0.3) is 0 Å². The third-order valence-corrected chi connectivity index (χ3v) is 14.3. The van der Waals surface area contributed by atoms with Crippen LogP contribution in [0.4, 0.5) is 0 Å². The van der Waals surface area contributed by atoms with Crippen LogP contribution in [0.2, 0.25) is 31.2 Å². The van der Waals surface area contributed by atoms with Crippen LogP contribution in [0.3, 0.4) is 0 Å². The van der Waals surface area contributed by atoms with E-state index in [0.29, 0.717) is 6.42 Å². The van der Waals surface area contributed by atoms with Gasteiger partial charge in [0.1, 0.15) is 14.2 Å². The first kappa shape index (κ1) is 20.6. The molecule has 2 rings (SSSR count). The summed E-state index contributed by atoms with van der Waals surface area (Å²) in [5.41, 5.74) is 0.0108. The second-order valence-electron chi connectivity index (χ2n) is 9.39. The van der Waals surface area contributed by atoms with Crippen molar-refractivity contribution in [1.29, 1.82) is 0 Å². The molecule has 1 fully saturated rings. The van der Waals surface area contributed by atoms with Crippen molar-refractivity contribution < 1.29 is 14.0 Å². The molecule has 0 aromatic heterocycles. The summed E-state index contributed by atoms with van der Waals surface area (Å²) in [6, 6.07) is 10.5. The molecule has 1 aromatic rings. The summed E-state index contributed by atoms with van der Waals surface area (Å²) in [4.78, 5) is 12.9. The van der Waals surface area contributed by atoms with Crippen molar-refractivity contribution in [2.24, 2.45) is 0 Å². The molecule has 1 aromatic carbocycles. The minimum absolute atomic E-state index is 0.0108. The Morgan fingerprint density at radius 1 is 1.08 bits per heavy atom. The number of carbonyl (C=O) groups is 1. The van der Waals surface area contributed by atoms with Gasteiger partial charge in [-0.15, -0.1) is 0 Å². The topological polar surface area (TPSA) is 35.5 Å². The first-order chi connectivity index (χ1) is 11.4. The highest BCUT2D eigenvalue weighted by Gasteiger charge is 2.48. The van der Waals surface area contributed by atoms with Gasteiger partial charge >= 0.3 is 0 Å². The summed E-state index contributed by atoms with van der Waals surface area (Å²) in [6.07, 6.45) is -0.133. The number of Topliss-reactive ketones (excluding diaryl/α,β-unsaturated/α-hetero) is 1. The largest absolute Gasteiger partial charge is 0.404 e. The van der Waals surface area contributed by atoms with Gasteiger partial charge in [0.05, 0.1) is 11.8 Å². The van der Waals surface area contributed by atoms with Gasteiger partial charge in [-0.25, -0.2) is 0 Å². The van der Waals surface area contributed by atoms with Gasteiger partial charge in [-0.1, -0.05) is 69.4 Å². The minimum atomic E-state index is -2.00. The van der Waals surface area contributed by atoms with Crippen LogP contribution >= 0.6 is 0 Å². The fraction of sp³-hybridized carbons (Fsp3) is 0.650. The van der Waals surface area contributed by atoms with Crippen molar-refractivity contribution in [3.63, 3.8) is 0 Å². The molecule has 0 aliphatic carbocycles. The molecule has 0 amide bonds. The molecule has 0 bridgehead atoms. The van der Waals surface area contributed by atoms with Gasteiger partial charge in [0.15, 0.2) is 14.1 Å². The van der Waals surface area contributed by atoms with Gasteiger partial charge in [-0.3, -0.25) is 4.79 Å². The Bertz CT molecular complexity index is 605. The Kier molecular flexibility index (Phi) is 5.84. The van der Waals surface area contributed by atoms with E-state index in [1.54, 1.807) is 0 Å². The molecule has 1 aliphatic rings. The van der Waals surface area contributed by atoms with E-state index < -0.39 is 22.5 Å². The normalized spacial score (nSPS) is 25.9. The van der Waals surface area contributed by atoms with E-state index in [2.05, 4.69) is 71.2 Å². The lowest BCUT2D eigenvalue weighted by Crippen LogP contribution is -2.61. The van der Waals surface area contributed by atoms with Gasteiger partial charge in [-0.05, 0) is 25.1 Å². The summed E-state index contributed by atoms with van der Waals surface area (Å²) in [5.74, 6) is 0.213. The fourth-order valence-electron chi connectivity index (χ4n) is 3.07. The number of ketones is 1. The van der Waals surface area contributed by atoms with Crippen LogP contribution in [0.15, 0.2) is 30.3 Å². The summed E-state index contributed by atoms with van der Waals surface area (Å²) in [6.45, 7) is 17.6. The average molecular weight is 379 g/mol. The first-order valence-electron chi connectivity index (χ1n) is 9.28.